The number of hydrogen-bond acceptors (Lipinski definition) is 8. The van der Waals surface area contributed by atoms with Gasteiger partial charge in [0.15, 0.2) is 18.1 Å². The molecule has 1 heterocycles. The summed E-state index contributed by atoms with van der Waals surface area (Å²) >= 11 is 0. The highest BCUT2D eigenvalue weighted by atomic mass is 16.6. The van der Waals surface area contributed by atoms with Crippen molar-refractivity contribution in [2.45, 2.75) is 19.3 Å². The second-order valence-corrected chi connectivity index (χ2v) is 6.68. The minimum atomic E-state index is -0.699. The Bertz CT molecular complexity index is 959. The molecule has 0 aliphatic carbocycles. The van der Waals surface area contributed by atoms with Crippen molar-refractivity contribution in [3.63, 3.8) is 0 Å². The number of amides is 1. The Morgan fingerprint density at radius 2 is 1.81 bits per heavy atom. The number of nitro benzene ring substituents is 1. The first-order valence-corrected chi connectivity index (χ1v) is 9.62. The van der Waals surface area contributed by atoms with Gasteiger partial charge >= 0.3 is 5.97 Å². The number of esters is 1. The van der Waals surface area contributed by atoms with Crippen molar-refractivity contribution in [3.8, 4) is 17.2 Å². The summed E-state index contributed by atoms with van der Waals surface area (Å²) in [5, 5.41) is 13.8. The molecule has 1 aliphatic heterocycles. The Balaban J connectivity index is 1.54. The van der Waals surface area contributed by atoms with Crippen LogP contribution in [0.25, 0.3) is 0 Å². The topological polar surface area (TPSA) is 126 Å². The molecular weight excluding hydrogens is 408 g/mol. The molecule has 2 aromatic carbocycles. The van der Waals surface area contributed by atoms with E-state index >= 15 is 0 Å². The number of ether oxygens (including phenoxy) is 4. The highest BCUT2D eigenvalue weighted by Crippen LogP contribution is 2.39. The van der Waals surface area contributed by atoms with E-state index in [0.29, 0.717) is 37.6 Å². The number of nitrogens with zero attached hydrogens (tertiary/aromatic N) is 1. The Labute approximate surface area is 178 Å². The fraction of sp³-hybridized carbons (Fsp3) is 0.333. The van der Waals surface area contributed by atoms with Crippen LogP contribution < -0.4 is 19.5 Å². The molecule has 10 heteroatoms. The number of anilines is 1. The number of rotatable bonds is 8. The SMILES string of the molecule is COc1ccc(CCC(=O)OCC(=O)Nc2cc3c(cc2[N+](=O)[O-])OCCCO3)cc1. The van der Waals surface area contributed by atoms with Gasteiger partial charge in [-0.05, 0) is 24.1 Å². The van der Waals surface area contributed by atoms with Crippen molar-refractivity contribution >= 4 is 23.3 Å². The first-order valence-electron chi connectivity index (χ1n) is 9.62. The van der Waals surface area contributed by atoms with E-state index in [4.69, 9.17) is 18.9 Å². The summed E-state index contributed by atoms with van der Waals surface area (Å²) in [5.41, 5.74) is 0.516. The zero-order valence-corrected chi connectivity index (χ0v) is 16.9. The van der Waals surface area contributed by atoms with Crippen LogP contribution in [0.2, 0.25) is 0 Å². The van der Waals surface area contributed by atoms with E-state index in [0.717, 1.165) is 5.56 Å². The summed E-state index contributed by atoms with van der Waals surface area (Å²) in [4.78, 5) is 34.8. The lowest BCUT2D eigenvalue weighted by molar-refractivity contribution is -0.384. The number of nitro groups is 1. The van der Waals surface area contributed by atoms with Crippen molar-refractivity contribution < 1.29 is 33.5 Å². The number of fused-ring (bicyclic) bond motifs is 1. The van der Waals surface area contributed by atoms with Crippen molar-refractivity contribution in [3.05, 3.63) is 52.1 Å². The standard InChI is InChI=1S/C21H22N2O8/c1-28-15-6-3-14(4-7-15)5-8-21(25)31-13-20(24)22-16-11-18-19(12-17(16)23(26)27)30-10-2-9-29-18/h3-4,6-7,11-12H,2,5,8-10,13H2,1H3,(H,22,24). The normalized spacial score (nSPS) is 12.4. The van der Waals surface area contributed by atoms with E-state index in [1.807, 2.05) is 12.1 Å². The van der Waals surface area contributed by atoms with Crippen LogP contribution >= 0.6 is 0 Å². The van der Waals surface area contributed by atoms with Crippen LogP contribution in [0.4, 0.5) is 11.4 Å². The summed E-state index contributed by atoms with van der Waals surface area (Å²) in [6, 6.07) is 9.79. The molecule has 0 atom stereocenters. The molecule has 164 valence electrons. The zero-order chi connectivity index (χ0) is 22.2. The summed E-state index contributed by atoms with van der Waals surface area (Å²) < 4.78 is 21.0. The van der Waals surface area contributed by atoms with Crippen LogP contribution in [-0.2, 0) is 20.7 Å². The minimum absolute atomic E-state index is 0.0615. The molecule has 0 saturated heterocycles. The smallest absolute Gasteiger partial charge is 0.306 e. The van der Waals surface area contributed by atoms with Gasteiger partial charge in [0.05, 0.1) is 31.3 Å². The van der Waals surface area contributed by atoms with Crippen LogP contribution in [-0.4, -0.2) is 43.7 Å². The average molecular weight is 430 g/mol. The molecule has 1 N–H and O–H groups in total. The molecule has 3 rings (SSSR count). The number of hydrogen-bond donors (Lipinski definition) is 1. The van der Waals surface area contributed by atoms with Gasteiger partial charge in [0.1, 0.15) is 11.4 Å². The lowest BCUT2D eigenvalue weighted by atomic mass is 10.1. The lowest BCUT2D eigenvalue weighted by Gasteiger charge is -2.11. The van der Waals surface area contributed by atoms with Crippen molar-refractivity contribution in [1.29, 1.82) is 0 Å². The number of aryl methyl sites for hydroxylation is 1. The second-order valence-electron chi connectivity index (χ2n) is 6.68. The molecule has 0 radical (unpaired) electrons. The minimum Gasteiger partial charge on any atom is -0.497 e. The maximum Gasteiger partial charge on any atom is 0.306 e. The largest absolute Gasteiger partial charge is 0.497 e. The molecule has 2 aromatic rings. The summed E-state index contributed by atoms with van der Waals surface area (Å²) in [7, 11) is 1.57. The maximum absolute atomic E-state index is 12.2. The maximum atomic E-state index is 12.2. The zero-order valence-electron chi connectivity index (χ0n) is 16.9. The highest BCUT2D eigenvalue weighted by molar-refractivity contribution is 5.95. The molecule has 1 aliphatic rings. The van der Waals surface area contributed by atoms with Gasteiger partial charge in [0, 0.05) is 18.9 Å². The number of methoxy groups -OCH3 is 1. The predicted molar refractivity (Wildman–Crippen MR) is 110 cm³/mol. The highest BCUT2D eigenvalue weighted by Gasteiger charge is 2.23. The van der Waals surface area contributed by atoms with Crippen LogP contribution in [0.5, 0.6) is 17.2 Å². The molecular formula is C21H22N2O8. The van der Waals surface area contributed by atoms with Gasteiger partial charge in [-0.2, -0.15) is 0 Å². The first-order chi connectivity index (χ1) is 15.0. The van der Waals surface area contributed by atoms with Crippen molar-refractivity contribution in [2.24, 2.45) is 0 Å². The third kappa shape index (κ3) is 6.08. The van der Waals surface area contributed by atoms with Gasteiger partial charge < -0.3 is 24.3 Å². The first kappa shape index (κ1) is 21.9. The monoisotopic (exact) mass is 430 g/mol. The van der Waals surface area contributed by atoms with Crippen LogP contribution in [0.3, 0.4) is 0 Å². The van der Waals surface area contributed by atoms with Gasteiger partial charge in [-0.3, -0.25) is 19.7 Å². The Hall–Kier alpha value is -3.82. The molecule has 0 unspecified atom stereocenters. The van der Waals surface area contributed by atoms with Crippen molar-refractivity contribution in [2.75, 3.05) is 32.2 Å². The fourth-order valence-corrected chi connectivity index (χ4v) is 2.89. The molecule has 31 heavy (non-hydrogen) atoms. The van der Waals surface area contributed by atoms with E-state index in [1.165, 1.54) is 12.1 Å². The van der Waals surface area contributed by atoms with Crippen LogP contribution in [0.15, 0.2) is 36.4 Å². The average Bonchev–Trinajstić information content (AvgIpc) is 3.00. The van der Waals surface area contributed by atoms with E-state index < -0.39 is 23.4 Å². The molecule has 0 aromatic heterocycles. The van der Waals surface area contributed by atoms with Gasteiger partial charge in [-0.1, -0.05) is 12.1 Å². The van der Waals surface area contributed by atoms with Gasteiger partial charge in [0.25, 0.3) is 11.6 Å². The van der Waals surface area contributed by atoms with Crippen molar-refractivity contribution in [1.82, 2.24) is 0 Å². The number of nitrogens with one attached hydrogen (secondary N) is 1. The second kappa shape index (κ2) is 10.3. The van der Waals surface area contributed by atoms with E-state index in [2.05, 4.69) is 5.32 Å². The molecule has 1 amide bonds. The van der Waals surface area contributed by atoms with E-state index in [9.17, 15) is 19.7 Å². The quantitative estimate of drug-likeness (QED) is 0.385. The summed E-state index contributed by atoms with van der Waals surface area (Å²) in [6.07, 6.45) is 1.17. The Morgan fingerprint density at radius 3 is 2.45 bits per heavy atom. The molecule has 0 bridgehead atoms. The molecule has 10 nitrogen and oxygen atoms in total. The Kier molecular flexibility index (Phi) is 7.26. The van der Waals surface area contributed by atoms with E-state index in [-0.39, 0.29) is 23.5 Å². The third-order valence-corrected chi connectivity index (χ3v) is 4.48. The number of carbonyl (C=O) groups is 2. The van der Waals surface area contributed by atoms with Gasteiger partial charge in [0.2, 0.25) is 0 Å². The van der Waals surface area contributed by atoms with Gasteiger partial charge in [-0.15, -0.1) is 0 Å². The van der Waals surface area contributed by atoms with E-state index in [1.54, 1.807) is 19.2 Å². The Morgan fingerprint density at radius 1 is 1.13 bits per heavy atom. The van der Waals surface area contributed by atoms with Crippen LogP contribution in [0, 0.1) is 10.1 Å². The fourth-order valence-electron chi connectivity index (χ4n) is 2.89. The summed E-state index contributed by atoms with van der Waals surface area (Å²) in [6.45, 7) is 0.208. The molecule has 0 spiro atoms. The summed E-state index contributed by atoms with van der Waals surface area (Å²) in [5.74, 6) is 0.00316. The van der Waals surface area contributed by atoms with Crippen LogP contribution in [0.1, 0.15) is 18.4 Å². The molecule has 0 saturated carbocycles. The molecule has 0 fully saturated rings. The third-order valence-electron chi connectivity index (χ3n) is 4.48. The van der Waals surface area contributed by atoms with Gasteiger partial charge in [-0.25, -0.2) is 0 Å². The predicted octanol–water partition coefficient (Wildman–Crippen LogP) is 2.88. The number of carbonyl (C=O) groups excluding carboxylic acids is 2. The number of benzene rings is 2. The lowest BCUT2D eigenvalue weighted by Crippen LogP contribution is -2.21.